The number of allylic oxidation sites excluding steroid dienone is 5. The van der Waals surface area contributed by atoms with Crippen LogP contribution in [0.2, 0.25) is 0 Å². The van der Waals surface area contributed by atoms with Crippen LogP contribution in [0, 0.1) is 5.41 Å². The molecule has 0 fully saturated rings. The molecule has 0 saturated carbocycles. The van der Waals surface area contributed by atoms with E-state index < -0.39 is 0 Å². The van der Waals surface area contributed by atoms with Crippen molar-refractivity contribution in [2.45, 2.75) is 71.1 Å². The quantitative estimate of drug-likeness (QED) is 0.236. The van der Waals surface area contributed by atoms with Gasteiger partial charge in [0, 0.05) is 50.9 Å². The minimum atomic E-state index is -0.0890. The van der Waals surface area contributed by atoms with E-state index in [-0.39, 0.29) is 16.2 Å². The fraction of sp³-hybridized carbons (Fsp3) is 0.333. The van der Waals surface area contributed by atoms with E-state index in [2.05, 4.69) is 132 Å². The Morgan fingerprint density at radius 3 is 2.05 bits per heavy atom. The van der Waals surface area contributed by atoms with Crippen molar-refractivity contribution in [1.82, 2.24) is 9.97 Å². The van der Waals surface area contributed by atoms with Gasteiger partial charge in [0.2, 0.25) is 0 Å². The van der Waals surface area contributed by atoms with Crippen LogP contribution in [0.3, 0.4) is 0 Å². The van der Waals surface area contributed by atoms with Crippen LogP contribution in [0.15, 0.2) is 91.8 Å². The predicted molar refractivity (Wildman–Crippen MR) is 166 cm³/mol. The SMILES string of the molecule is C=CC(C)(C)c1c[nH]c2ccc(C=CC3(C)CCC(C)=CC3c3ccc4[nH]cc(C(C)(C)C=C)c4c3)cc12. The molecule has 2 heteroatoms. The van der Waals surface area contributed by atoms with Crippen molar-refractivity contribution in [2.24, 2.45) is 5.41 Å². The molecule has 2 aromatic carbocycles. The van der Waals surface area contributed by atoms with Crippen LogP contribution in [0.4, 0.5) is 0 Å². The van der Waals surface area contributed by atoms with E-state index in [4.69, 9.17) is 0 Å². The van der Waals surface area contributed by atoms with Crippen molar-refractivity contribution in [2.75, 3.05) is 0 Å². The topological polar surface area (TPSA) is 31.6 Å². The van der Waals surface area contributed by atoms with Gasteiger partial charge in [-0.25, -0.2) is 0 Å². The van der Waals surface area contributed by atoms with Gasteiger partial charge in [-0.3, -0.25) is 0 Å². The molecule has 2 atom stereocenters. The highest BCUT2D eigenvalue weighted by Crippen LogP contribution is 2.48. The number of aromatic nitrogens is 2. The van der Waals surface area contributed by atoms with Crippen LogP contribution in [-0.4, -0.2) is 9.97 Å². The van der Waals surface area contributed by atoms with Crippen molar-refractivity contribution < 1.29 is 0 Å². The van der Waals surface area contributed by atoms with Gasteiger partial charge in [-0.1, -0.05) is 82.7 Å². The molecular weight excluding hydrogens is 460 g/mol. The van der Waals surface area contributed by atoms with Gasteiger partial charge in [0.1, 0.15) is 0 Å². The molecule has 0 aliphatic heterocycles. The van der Waals surface area contributed by atoms with Crippen molar-refractivity contribution >= 4 is 27.9 Å². The Morgan fingerprint density at radius 2 is 1.45 bits per heavy atom. The molecule has 2 N–H and O–H groups in total. The van der Waals surface area contributed by atoms with E-state index >= 15 is 0 Å². The van der Waals surface area contributed by atoms with Gasteiger partial charge < -0.3 is 9.97 Å². The average Bonchev–Trinajstić information content (AvgIpc) is 3.53. The lowest BCUT2D eigenvalue weighted by molar-refractivity contribution is 0.334. The van der Waals surface area contributed by atoms with Crippen LogP contribution >= 0.6 is 0 Å². The molecule has 4 aromatic rings. The van der Waals surface area contributed by atoms with Gasteiger partial charge >= 0.3 is 0 Å². The van der Waals surface area contributed by atoms with E-state index in [9.17, 15) is 0 Å². The Kier molecular flexibility index (Phi) is 6.42. The molecule has 2 unspecified atom stereocenters. The lowest BCUT2D eigenvalue weighted by atomic mass is 9.66. The second kappa shape index (κ2) is 9.34. The third-order valence-corrected chi connectivity index (χ3v) is 9.06. The number of aromatic amines is 2. The van der Waals surface area contributed by atoms with Gasteiger partial charge in [-0.2, -0.15) is 0 Å². The molecule has 196 valence electrons. The first-order valence-electron chi connectivity index (χ1n) is 13.8. The van der Waals surface area contributed by atoms with Gasteiger partial charge in [-0.05, 0) is 71.7 Å². The summed E-state index contributed by atoms with van der Waals surface area (Å²) in [6, 6.07) is 13.7. The fourth-order valence-corrected chi connectivity index (χ4v) is 5.99. The molecule has 0 amide bonds. The summed E-state index contributed by atoms with van der Waals surface area (Å²) in [6.45, 7) is 21.8. The highest BCUT2D eigenvalue weighted by atomic mass is 14.7. The largest absolute Gasteiger partial charge is 0.361 e. The maximum atomic E-state index is 4.09. The van der Waals surface area contributed by atoms with E-state index in [1.54, 1.807) is 0 Å². The van der Waals surface area contributed by atoms with E-state index in [0.717, 1.165) is 12.8 Å². The van der Waals surface area contributed by atoms with Crippen molar-refractivity contribution in [3.63, 3.8) is 0 Å². The number of hydrogen-bond donors (Lipinski definition) is 2. The first kappa shape index (κ1) is 26.1. The van der Waals surface area contributed by atoms with Crippen LogP contribution in [0.1, 0.15) is 82.6 Å². The molecule has 0 bridgehead atoms. The molecule has 1 aliphatic carbocycles. The maximum absolute atomic E-state index is 4.09. The van der Waals surface area contributed by atoms with Gasteiger partial charge in [0.05, 0.1) is 0 Å². The summed E-state index contributed by atoms with van der Waals surface area (Å²) >= 11 is 0. The normalized spacial score (nSPS) is 20.8. The zero-order valence-electron chi connectivity index (χ0n) is 23.9. The number of benzene rings is 2. The van der Waals surface area contributed by atoms with Gasteiger partial charge in [0.25, 0.3) is 0 Å². The third-order valence-electron chi connectivity index (χ3n) is 9.06. The summed E-state index contributed by atoms with van der Waals surface area (Å²) in [4.78, 5) is 6.93. The molecule has 0 spiro atoms. The van der Waals surface area contributed by atoms with E-state index in [1.807, 2.05) is 12.2 Å². The summed E-state index contributed by atoms with van der Waals surface area (Å²) < 4.78 is 0. The molecule has 0 radical (unpaired) electrons. The Hall–Kier alpha value is -3.52. The highest BCUT2D eigenvalue weighted by molar-refractivity contribution is 5.87. The number of H-pyrrole nitrogens is 2. The molecule has 0 saturated heterocycles. The minimum Gasteiger partial charge on any atom is -0.361 e. The molecule has 2 nitrogen and oxygen atoms in total. The van der Waals surface area contributed by atoms with Crippen molar-refractivity contribution in [3.8, 4) is 0 Å². The number of nitrogens with one attached hydrogen (secondary N) is 2. The monoisotopic (exact) mass is 502 g/mol. The summed E-state index contributed by atoms with van der Waals surface area (Å²) in [5, 5.41) is 2.57. The van der Waals surface area contributed by atoms with E-state index in [1.165, 1.54) is 49.6 Å². The lowest BCUT2D eigenvalue weighted by Gasteiger charge is -2.38. The lowest BCUT2D eigenvalue weighted by Crippen LogP contribution is -2.25. The number of hydrogen-bond acceptors (Lipinski definition) is 0. The molecule has 38 heavy (non-hydrogen) atoms. The van der Waals surface area contributed by atoms with Crippen molar-refractivity contribution in [1.29, 1.82) is 0 Å². The Labute approximate surface area is 228 Å². The van der Waals surface area contributed by atoms with Gasteiger partial charge in [0.15, 0.2) is 0 Å². The maximum Gasteiger partial charge on any atom is 0.0457 e. The van der Waals surface area contributed by atoms with Crippen LogP contribution in [-0.2, 0) is 10.8 Å². The second-order valence-corrected chi connectivity index (χ2v) is 12.7. The van der Waals surface area contributed by atoms with Crippen LogP contribution < -0.4 is 0 Å². The van der Waals surface area contributed by atoms with Crippen LogP contribution in [0.5, 0.6) is 0 Å². The molecule has 2 aromatic heterocycles. The van der Waals surface area contributed by atoms with Crippen LogP contribution in [0.25, 0.3) is 27.9 Å². The summed E-state index contributed by atoms with van der Waals surface area (Å²) in [5.74, 6) is 0.317. The molecular formula is C36H42N2. The zero-order chi connectivity index (χ0) is 27.3. The minimum absolute atomic E-state index is 0.0218. The Morgan fingerprint density at radius 1 is 0.868 bits per heavy atom. The smallest absolute Gasteiger partial charge is 0.0457 e. The summed E-state index contributed by atoms with van der Waals surface area (Å²) in [5.41, 5.74) is 8.89. The number of fused-ring (bicyclic) bond motifs is 2. The Bertz CT molecular complexity index is 1580. The first-order chi connectivity index (χ1) is 18.0. The number of rotatable bonds is 7. The van der Waals surface area contributed by atoms with Gasteiger partial charge in [-0.15, -0.1) is 13.2 Å². The summed E-state index contributed by atoms with van der Waals surface area (Å²) in [6.07, 6.45) is 17.9. The zero-order valence-corrected chi connectivity index (χ0v) is 23.9. The average molecular weight is 503 g/mol. The van der Waals surface area contributed by atoms with E-state index in [0.29, 0.717) is 5.92 Å². The first-order valence-corrected chi connectivity index (χ1v) is 13.8. The fourth-order valence-electron chi connectivity index (χ4n) is 5.99. The molecule has 2 heterocycles. The Balaban J connectivity index is 1.54. The summed E-state index contributed by atoms with van der Waals surface area (Å²) in [7, 11) is 0. The highest BCUT2D eigenvalue weighted by Gasteiger charge is 2.35. The second-order valence-electron chi connectivity index (χ2n) is 12.7. The predicted octanol–water partition coefficient (Wildman–Crippen LogP) is 10.1. The molecule has 1 aliphatic rings. The molecule has 5 rings (SSSR count). The third kappa shape index (κ3) is 4.51. The van der Waals surface area contributed by atoms with Crippen molar-refractivity contribution in [3.05, 3.63) is 114 Å². The standard InChI is InChI=1S/C36H42N2/c1-9-34(4,5)30-22-37-32-13-11-25(20-27(30)32)16-18-36(8)17-15-24(3)19-29(36)26-12-14-33-28(21-26)31(23-38-33)35(6,7)10-2/h9-14,16,18-23,29,37-38H,1-2,15,17H2,3-8H3.